The van der Waals surface area contributed by atoms with E-state index in [0.29, 0.717) is 22.2 Å². The van der Waals surface area contributed by atoms with Gasteiger partial charge in [-0.2, -0.15) is 35.3 Å². The second kappa shape index (κ2) is 20.9. The summed E-state index contributed by atoms with van der Waals surface area (Å²) in [7, 11) is 0. The third-order valence-electron chi connectivity index (χ3n) is 5.23. The van der Waals surface area contributed by atoms with Crippen LogP contribution in [-0.2, 0) is 38.1 Å². The van der Waals surface area contributed by atoms with Gasteiger partial charge in [-0.25, -0.2) is 0 Å². The molecule has 1 rings (SSSR count). The van der Waals surface area contributed by atoms with Crippen molar-refractivity contribution in [1.82, 2.24) is 0 Å². The summed E-state index contributed by atoms with van der Waals surface area (Å²) in [5.41, 5.74) is -1.30. The Bertz CT molecular complexity index is 884. The third kappa shape index (κ3) is 15.2. The number of esters is 4. The molecular weight excluding hydrogens is 601 g/mol. The Balaban J connectivity index is 2.94. The minimum atomic E-state index is -1.30. The number of hydrogen-bond acceptors (Lipinski definition) is 14. The molecule has 0 aliphatic rings. The number of hydrogen-bond donors (Lipinski definition) is 2. The highest BCUT2D eigenvalue weighted by atomic mass is 32.2. The Morgan fingerprint density at radius 1 is 0.650 bits per heavy atom. The molecule has 0 bridgehead atoms. The zero-order valence-electron chi connectivity index (χ0n) is 23.0. The maximum absolute atomic E-state index is 12.6. The fraction of sp³-hybridized carbons (Fsp3) is 0.615. The van der Waals surface area contributed by atoms with Crippen molar-refractivity contribution in [3.63, 3.8) is 0 Å². The third-order valence-corrected chi connectivity index (χ3v) is 8.12. The molecule has 1 aromatic carbocycles. The first-order valence-corrected chi connectivity index (χ1v) is 17.6. The Morgan fingerprint density at radius 3 is 1.40 bits per heavy atom. The summed E-state index contributed by atoms with van der Waals surface area (Å²) < 4.78 is 21.8. The van der Waals surface area contributed by atoms with Crippen LogP contribution in [0.4, 0.5) is 0 Å². The van der Waals surface area contributed by atoms with E-state index in [1.807, 2.05) is 18.8 Å². The average molecular weight is 639 g/mol. The molecule has 0 aromatic heterocycles. The van der Waals surface area contributed by atoms with Crippen LogP contribution in [0.3, 0.4) is 0 Å². The fourth-order valence-corrected chi connectivity index (χ4v) is 4.92. The largest absolute Gasteiger partial charge is 0.504 e. The first kappa shape index (κ1) is 36.1. The maximum Gasteiger partial charge on any atom is 0.306 e. The summed E-state index contributed by atoms with van der Waals surface area (Å²) in [6, 6.07) is 4.53. The van der Waals surface area contributed by atoms with Gasteiger partial charge in [0.25, 0.3) is 0 Å². The van der Waals surface area contributed by atoms with Gasteiger partial charge in [-0.05, 0) is 30.9 Å². The van der Waals surface area contributed by atoms with Gasteiger partial charge in [0.2, 0.25) is 0 Å². The normalized spacial score (nSPS) is 11.1. The SMILES string of the molecule is CSCCC(=O)OCC(COC(=O)CCSC)(COC(=O)CCSC)COC(=O)CCSc1cccc(O)c1O. The summed E-state index contributed by atoms with van der Waals surface area (Å²) in [6.07, 6.45) is 6.04. The molecule has 0 amide bonds. The molecule has 1 aromatic rings. The Morgan fingerprint density at radius 2 is 1.02 bits per heavy atom. The topological polar surface area (TPSA) is 146 Å². The predicted octanol–water partition coefficient (Wildman–Crippen LogP) is 4.00. The molecular formula is C26H38O10S4. The van der Waals surface area contributed by atoms with Gasteiger partial charge in [0.15, 0.2) is 11.5 Å². The molecule has 0 heterocycles. The van der Waals surface area contributed by atoms with Crippen LogP contribution in [-0.4, -0.2) is 102 Å². The van der Waals surface area contributed by atoms with Gasteiger partial charge in [-0.15, -0.1) is 11.8 Å². The van der Waals surface area contributed by atoms with Crippen LogP contribution in [0.15, 0.2) is 23.1 Å². The zero-order valence-corrected chi connectivity index (χ0v) is 26.3. The van der Waals surface area contributed by atoms with E-state index in [1.165, 1.54) is 41.4 Å². The number of para-hydroxylation sites is 1. The van der Waals surface area contributed by atoms with Crippen LogP contribution >= 0.6 is 47.0 Å². The summed E-state index contributed by atoms with van der Waals surface area (Å²) in [6.45, 7) is -1.18. The van der Waals surface area contributed by atoms with E-state index in [1.54, 1.807) is 12.1 Å². The molecule has 0 aliphatic heterocycles. The number of carbonyl (C=O) groups is 4. The van der Waals surface area contributed by atoms with Gasteiger partial charge in [-0.1, -0.05) is 6.07 Å². The molecule has 10 nitrogen and oxygen atoms in total. The Kier molecular flexibility index (Phi) is 18.9. The maximum atomic E-state index is 12.6. The second-order valence-corrected chi connectivity index (χ2v) is 12.7. The molecule has 0 unspecified atom stereocenters. The molecule has 0 saturated carbocycles. The van der Waals surface area contributed by atoms with Crippen molar-refractivity contribution in [1.29, 1.82) is 0 Å². The lowest BCUT2D eigenvalue weighted by Gasteiger charge is -2.31. The van der Waals surface area contributed by atoms with E-state index < -0.39 is 29.3 Å². The van der Waals surface area contributed by atoms with Crippen LogP contribution in [0.1, 0.15) is 25.7 Å². The van der Waals surface area contributed by atoms with E-state index in [4.69, 9.17) is 18.9 Å². The zero-order chi connectivity index (χ0) is 29.8. The number of phenols is 2. The highest BCUT2D eigenvalue weighted by molar-refractivity contribution is 7.99. The van der Waals surface area contributed by atoms with Gasteiger partial charge < -0.3 is 29.2 Å². The van der Waals surface area contributed by atoms with Crippen LogP contribution < -0.4 is 0 Å². The highest BCUT2D eigenvalue weighted by Gasteiger charge is 2.38. The van der Waals surface area contributed by atoms with Crippen LogP contribution in [0.5, 0.6) is 11.5 Å². The number of benzene rings is 1. The summed E-state index contributed by atoms with van der Waals surface area (Å²) in [5, 5.41) is 19.6. The molecule has 0 fully saturated rings. The summed E-state index contributed by atoms with van der Waals surface area (Å²) >= 11 is 5.62. The lowest BCUT2D eigenvalue weighted by molar-refractivity contribution is -0.170. The quantitative estimate of drug-likeness (QED) is 0.0866. The van der Waals surface area contributed by atoms with Crippen LogP contribution in [0, 0.1) is 5.41 Å². The van der Waals surface area contributed by atoms with Crippen molar-refractivity contribution < 1.29 is 48.3 Å². The standard InChI is InChI=1S/C26H38O10S4/c1-37-11-7-21(28)33-15-26(16-34-22(29)8-12-38-2,17-35-23(30)9-13-39-3)18-36-24(31)10-14-40-20-6-4-5-19(27)25(20)32/h4-6,27,32H,7-18H2,1-3H3. The molecule has 0 saturated heterocycles. The lowest BCUT2D eigenvalue weighted by Crippen LogP contribution is -2.44. The van der Waals surface area contributed by atoms with Crippen LogP contribution in [0.2, 0.25) is 0 Å². The summed E-state index contributed by atoms with van der Waals surface area (Å²) in [4.78, 5) is 49.8. The van der Waals surface area contributed by atoms with E-state index in [2.05, 4.69) is 0 Å². The lowest BCUT2D eigenvalue weighted by atomic mass is 9.92. The Labute approximate surface area is 252 Å². The molecule has 226 valence electrons. The monoisotopic (exact) mass is 638 g/mol. The van der Waals surface area contributed by atoms with Crippen LogP contribution in [0.25, 0.3) is 0 Å². The van der Waals surface area contributed by atoms with E-state index in [9.17, 15) is 29.4 Å². The van der Waals surface area contributed by atoms with E-state index in [0.717, 1.165) is 11.8 Å². The number of thioether (sulfide) groups is 4. The second-order valence-electron chi connectivity index (χ2n) is 8.59. The van der Waals surface area contributed by atoms with Gasteiger partial charge in [-0.3, -0.25) is 19.2 Å². The number of ether oxygens (including phenoxy) is 4. The van der Waals surface area contributed by atoms with Gasteiger partial charge >= 0.3 is 23.9 Å². The molecule has 2 N–H and O–H groups in total. The van der Waals surface area contributed by atoms with Crippen molar-refractivity contribution in [2.75, 3.05) is 68.2 Å². The smallest absolute Gasteiger partial charge is 0.306 e. The van der Waals surface area contributed by atoms with Crippen molar-refractivity contribution in [3.8, 4) is 11.5 Å². The van der Waals surface area contributed by atoms with Crippen molar-refractivity contribution in [3.05, 3.63) is 18.2 Å². The Hall–Kier alpha value is -1.90. The minimum Gasteiger partial charge on any atom is -0.504 e. The minimum absolute atomic E-state index is 0.0373. The molecule has 0 radical (unpaired) electrons. The first-order valence-electron chi connectivity index (χ1n) is 12.4. The number of carbonyl (C=O) groups excluding carboxylic acids is 4. The molecule has 40 heavy (non-hydrogen) atoms. The van der Waals surface area contributed by atoms with E-state index >= 15 is 0 Å². The molecule has 14 heteroatoms. The number of rotatable bonds is 21. The fourth-order valence-electron chi connectivity index (χ4n) is 2.90. The van der Waals surface area contributed by atoms with Gasteiger partial charge in [0.1, 0.15) is 31.8 Å². The first-order chi connectivity index (χ1) is 19.2. The number of aromatic hydroxyl groups is 2. The van der Waals surface area contributed by atoms with E-state index in [-0.39, 0.29) is 69.4 Å². The van der Waals surface area contributed by atoms with Crippen molar-refractivity contribution in [2.45, 2.75) is 30.6 Å². The highest BCUT2D eigenvalue weighted by Crippen LogP contribution is 2.35. The molecule has 0 spiro atoms. The number of phenolic OH excluding ortho intramolecular Hbond substituents is 2. The van der Waals surface area contributed by atoms with Gasteiger partial charge in [0.05, 0.1) is 30.6 Å². The summed E-state index contributed by atoms with van der Waals surface area (Å²) in [5.74, 6) is -0.632. The predicted molar refractivity (Wildman–Crippen MR) is 160 cm³/mol. The average Bonchev–Trinajstić information content (AvgIpc) is 2.95. The molecule has 0 aliphatic carbocycles. The van der Waals surface area contributed by atoms with Crippen molar-refractivity contribution >= 4 is 70.9 Å². The molecule has 0 atom stereocenters. The van der Waals surface area contributed by atoms with Crippen molar-refractivity contribution in [2.24, 2.45) is 5.41 Å². The van der Waals surface area contributed by atoms with Gasteiger partial charge in [0, 0.05) is 23.0 Å².